The highest BCUT2D eigenvalue weighted by Gasteiger charge is 2.30. The van der Waals surface area contributed by atoms with Crippen LogP contribution < -0.4 is 0 Å². The zero-order chi connectivity index (χ0) is 10.8. The lowest BCUT2D eigenvalue weighted by molar-refractivity contribution is 0.0923. The molecule has 2 rings (SSSR count). The van der Waals surface area contributed by atoms with E-state index in [1.165, 1.54) is 12.8 Å². The number of carbonyl (C=O) groups is 1. The Balaban J connectivity index is 2.07. The first-order valence-corrected chi connectivity index (χ1v) is 7.16. The number of Topliss-reactive ketones (excluding diaryl/α,β-unsaturated/α-hetero) is 1. The Bertz CT molecular complexity index is 358. The van der Waals surface area contributed by atoms with Gasteiger partial charge < -0.3 is 0 Å². The summed E-state index contributed by atoms with van der Waals surface area (Å²) in [6.07, 6.45) is 4.63. The number of rotatable bonds is 3. The highest BCUT2D eigenvalue weighted by molar-refractivity contribution is 9.10. The fourth-order valence-corrected chi connectivity index (χ4v) is 3.93. The van der Waals surface area contributed by atoms with Crippen molar-refractivity contribution in [3.63, 3.8) is 0 Å². The molecule has 0 N–H and O–H groups in total. The lowest BCUT2D eigenvalue weighted by atomic mass is 9.98. The molecule has 1 aliphatic carbocycles. The topological polar surface area (TPSA) is 17.1 Å². The largest absolute Gasteiger partial charge is 0.293 e. The van der Waals surface area contributed by atoms with Gasteiger partial charge in [0.15, 0.2) is 5.78 Å². The van der Waals surface area contributed by atoms with Crippen molar-refractivity contribution in [3.05, 3.63) is 20.8 Å². The monoisotopic (exact) mass is 286 g/mol. The highest BCUT2D eigenvalue weighted by Crippen LogP contribution is 2.37. The number of hydrogen-bond acceptors (Lipinski definition) is 2. The van der Waals surface area contributed by atoms with Gasteiger partial charge in [0.2, 0.25) is 0 Å². The zero-order valence-electron chi connectivity index (χ0n) is 8.83. The molecule has 0 aliphatic heterocycles. The van der Waals surface area contributed by atoms with Gasteiger partial charge in [0, 0.05) is 10.4 Å². The minimum atomic E-state index is 0.282. The van der Waals surface area contributed by atoms with Crippen molar-refractivity contribution in [2.75, 3.05) is 0 Å². The first-order chi connectivity index (χ1) is 7.22. The number of hydrogen-bond donors (Lipinski definition) is 0. The third-order valence-electron chi connectivity index (χ3n) is 3.33. The van der Waals surface area contributed by atoms with Gasteiger partial charge in [0.05, 0.1) is 4.88 Å². The average Bonchev–Trinajstić information content (AvgIpc) is 2.84. The smallest absolute Gasteiger partial charge is 0.177 e. The molecule has 1 aromatic rings. The molecule has 0 amide bonds. The lowest BCUT2D eigenvalue weighted by Gasteiger charge is -2.08. The summed E-state index contributed by atoms with van der Waals surface area (Å²) in [6, 6.07) is 1.96. The van der Waals surface area contributed by atoms with Crippen molar-refractivity contribution in [1.29, 1.82) is 0 Å². The van der Waals surface area contributed by atoms with E-state index in [-0.39, 0.29) is 5.92 Å². The molecule has 1 heterocycles. The maximum Gasteiger partial charge on any atom is 0.177 e. The van der Waals surface area contributed by atoms with Gasteiger partial charge in [-0.1, -0.05) is 13.3 Å². The molecule has 0 bridgehead atoms. The van der Waals surface area contributed by atoms with Crippen molar-refractivity contribution in [1.82, 2.24) is 0 Å². The van der Waals surface area contributed by atoms with Crippen LogP contribution >= 0.6 is 27.3 Å². The molecule has 0 aromatic carbocycles. The van der Waals surface area contributed by atoms with Crippen LogP contribution in [-0.2, 0) is 0 Å². The molecule has 0 radical (unpaired) electrons. The Kier molecular flexibility index (Phi) is 3.62. The zero-order valence-corrected chi connectivity index (χ0v) is 11.2. The average molecular weight is 287 g/mol. The van der Waals surface area contributed by atoms with Crippen LogP contribution in [0.2, 0.25) is 0 Å². The predicted octanol–water partition coefficient (Wildman–Crippen LogP) is 4.52. The van der Waals surface area contributed by atoms with Gasteiger partial charge >= 0.3 is 0 Å². The van der Waals surface area contributed by atoms with E-state index in [4.69, 9.17) is 0 Å². The predicted molar refractivity (Wildman–Crippen MR) is 67.5 cm³/mol. The van der Waals surface area contributed by atoms with Crippen LogP contribution in [0.5, 0.6) is 0 Å². The fraction of sp³-hybridized carbons (Fsp3) is 0.583. The molecule has 82 valence electrons. The van der Waals surface area contributed by atoms with Gasteiger partial charge in [-0.3, -0.25) is 4.79 Å². The van der Waals surface area contributed by atoms with Crippen molar-refractivity contribution in [2.24, 2.45) is 11.8 Å². The Labute approximate surface area is 103 Å². The summed E-state index contributed by atoms with van der Waals surface area (Å²) >= 11 is 4.99. The normalized spacial score (nSPS) is 25.7. The first-order valence-electron chi connectivity index (χ1n) is 5.49. The lowest BCUT2D eigenvalue weighted by Crippen LogP contribution is -2.10. The van der Waals surface area contributed by atoms with Crippen LogP contribution in [0.1, 0.15) is 42.3 Å². The van der Waals surface area contributed by atoms with Crippen LogP contribution in [0.3, 0.4) is 0 Å². The molecule has 1 aliphatic rings. The molecule has 1 saturated carbocycles. The van der Waals surface area contributed by atoms with Gasteiger partial charge in [-0.2, -0.15) is 0 Å². The molecule has 1 aromatic heterocycles. The molecule has 15 heavy (non-hydrogen) atoms. The number of thiophene rings is 1. The Morgan fingerprint density at radius 2 is 2.40 bits per heavy atom. The van der Waals surface area contributed by atoms with Crippen molar-refractivity contribution in [3.8, 4) is 0 Å². The summed E-state index contributed by atoms with van der Waals surface area (Å²) in [4.78, 5) is 13.1. The van der Waals surface area contributed by atoms with Crippen LogP contribution in [0.15, 0.2) is 15.9 Å². The summed E-state index contributed by atoms with van der Waals surface area (Å²) < 4.78 is 0.970. The third-order valence-corrected chi connectivity index (χ3v) is 5.18. The van der Waals surface area contributed by atoms with Gasteiger partial charge in [-0.25, -0.2) is 0 Å². The van der Waals surface area contributed by atoms with Crippen LogP contribution in [-0.4, -0.2) is 5.78 Å². The van der Waals surface area contributed by atoms with Crippen LogP contribution in [0, 0.1) is 11.8 Å². The van der Waals surface area contributed by atoms with Gasteiger partial charge in [0.1, 0.15) is 0 Å². The van der Waals surface area contributed by atoms with Crippen molar-refractivity contribution < 1.29 is 4.79 Å². The molecular weight excluding hydrogens is 272 g/mol. The maximum absolute atomic E-state index is 12.2. The second-order valence-corrected chi connectivity index (χ2v) is 6.02. The minimum Gasteiger partial charge on any atom is -0.293 e. The van der Waals surface area contributed by atoms with Gasteiger partial charge in [0.25, 0.3) is 0 Å². The Hall–Kier alpha value is -0.150. The molecular formula is C12H15BrOS. The van der Waals surface area contributed by atoms with E-state index in [1.807, 2.05) is 11.4 Å². The molecule has 0 saturated heterocycles. The summed E-state index contributed by atoms with van der Waals surface area (Å²) in [5.41, 5.74) is 0. The summed E-state index contributed by atoms with van der Waals surface area (Å²) in [6.45, 7) is 2.22. The van der Waals surface area contributed by atoms with E-state index < -0.39 is 0 Å². The van der Waals surface area contributed by atoms with Crippen molar-refractivity contribution >= 4 is 33.0 Å². The van der Waals surface area contributed by atoms with Crippen LogP contribution in [0.25, 0.3) is 0 Å². The summed E-state index contributed by atoms with van der Waals surface area (Å²) in [5, 5.41) is 1.98. The minimum absolute atomic E-state index is 0.282. The van der Waals surface area contributed by atoms with E-state index in [9.17, 15) is 4.79 Å². The van der Waals surface area contributed by atoms with E-state index >= 15 is 0 Å². The second kappa shape index (κ2) is 4.79. The number of carbonyl (C=O) groups excluding carboxylic acids is 1. The molecule has 2 unspecified atom stereocenters. The fourth-order valence-electron chi connectivity index (χ4n) is 2.34. The standard InChI is InChI=1S/C12H15BrOS/c1-2-8-3-4-9(7-8)11(14)12-10(13)5-6-15-12/h5-6,8-9H,2-4,7H2,1H3. The third kappa shape index (κ3) is 2.34. The molecule has 0 spiro atoms. The highest BCUT2D eigenvalue weighted by atomic mass is 79.9. The summed E-state index contributed by atoms with van der Waals surface area (Å²) in [5.74, 6) is 1.41. The Morgan fingerprint density at radius 1 is 1.60 bits per heavy atom. The SMILES string of the molecule is CCC1CCC(C(=O)c2sccc2Br)C1. The van der Waals surface area contributed by atoms with Gasteiger partial charge in [-0.15, -0.1) is 11.3 Å². The quantitative estimate of drug-likeness (QED) is 0.747. The molecule has 3 heteroatoms. The Morgan fingerprint density at radius 3 is 2.93 bits per heavy atom. The number of ketones is 1. The summed E-state index contributed by atoms with van der Waals surface area (Å²) in [7, 11) is 0. The number of halogens is 1. The van der Waals surface area contributed by atoms with E-state index in [2.05, 4.69) is 22.9 Å². The molecule has 2 atom stereocenters. The van der Waals surface area contributed by atoms with Gasteiger partial charge in [-0.05, 0) is 52.6 Å². The van der Waals surface area contributed by atoms with E-state index in [1.54, 1.807) is 11.3 Å². The van der Waals surface area contributed by atoms with E-state index in [0.29, 0.717) is 5.78 Å². The first kappa shape index (κ1) is 11.3. The second-order valence-electron chi connectivity index (χ2n) is 4.25. The van der Waals surface area contributed by atoms with E-state index in [0.717, 1.165) is 28.1 Å². The molecule has 1 fully saturated rings. The molecule has 1 nitrogen and oxygen atoms in total. The maximum atomic E-state index is 12.2. The van der Waals surface area contributed by atoms with Crippen LogP contribution in [0.4, 0.5) is 0 Å². The van der Waals surface area contributed by atoms with Crippen molar-refractivity contribution in [2.45, 2.75) is 32.6 Å².